The van der Waals surface area contributed by atoms with Crippen LogP contribution in [0, 0.1) is 0 Å². The molecule has 1 amide bonds. The molecule has 36 heavy (non-hydrogen) atoms. The molecule has 1 aliphatic heterocycles. The molecule has 4 aromatic heterocycles. The minimum Gasteiger partial charge on any atom is -0.497 e. The van der Waals surface area contributed by atoms with Crippen molar-refractivity contribution in [2.75, 3.05) is 20.2 Å². The number of hydrogen-bond acceptors (Lipinski definition) is 5. The van der Waals surface area contributed by atoms with E-state index in [9.17, 15) is 4.79 Å². The van der Waals surface area contributed by atoms with Crippen LogP contribution in [-0.2, 0) is 0 Å². The van der Waals surface area contributed by atoms with Crippen molar-refractivity contribution in [3.05, 3.63) is 66.2 Å². The molecule has 6 rings (SSSR count). The van der Waals surface area contributed by atoms with Gasteiger partial charge in [-0.25, -0.2) is 9.67 Å². The summed E-state index contributed by atoms with van der Waals surface area (Å²) >= 11 is 0. The van der Waals surface area contributed by atoms with Gasteiger partial charge < -0.3 is 19.0 Å². The summed E-state index contributed by atoms with van der Waals surface area (Å²) in [5.74, 6) is 1.88. The molecule has 5 aromatic rings. The van der Waals surface area contributed by atoms with E-state index < -0.39 is 0 Å². The molecule has 0 aliphatic carbocycles. The maximum atomic E-state index is 13.8. The van der Waals surface area contributed by atoms with Gasteiger partial charge in [-0.1, -0.05) is 0 Å². The Morgan fingerprint density at radius 2 is 2.00 bits per heavy atom. The molecule has 8 heteroatoms. The molecule has 184 valence electrons. The van der Waals surface area contributed by atoms with Gasteiger partial charge in [0.1, 0.15) is 11.4 Å². The van der Waals surface area contributed by atoms with Gasteiger partial charge in [0.05, 0.1) is 30.5 Å². The zero-order valence-corrected chi connectivity index (χ0v) is 20.7. The Morgan fingerprint density at radius 3 is 2.72 bits per heavy atom. The third-order valence-corrected chi connectivity index (χ3v) is 7.20. The predicted octanol–water partition coefficient (Wildman–Crippen LogP) is 5.78. The number of nitrogens with one attached hydrogen (secondary N) is 1. The highest BCUT2D eigenvalue weighted by Crippen LogP contribution is 2.36. The number of fused-ring (bicyclic) bond motifs is 2. The van der Waals surface area contributed by atoms with Crippen molar-refractivity contribution in [2.45, 2.75) is 38.6 Å². The fraction of sp³-hybridized carbons (Fsp3) is 0.321. The molecule has 1 N–H and O–H groups in total. The fourth-order valence-electron chi connectivity index (χ4n) is 5.27. The van der Waals surface area contributed by atoms with Gasteiger partial charge in [0.25, 0.3) is 5.91 Å². The SMILES string of the molecule is COc1ccc2[nH]cc(C3CCN(C(=O)c4cc(-c5ccco5)nc5c4cnn5C(C)C)CC3)c2c1. The van der Waals surface area contributed by atoms with Crippen molar-refractivity contribution in [2.24, 2.45) is 0 Å². The number of benzene rings is 1. The number of pyridine rings is 1. The molecule has 5 heterocycles. The first-order chi connectivity index (χ1) is 17.5. The van der Waals surface area contributed by atoms with Gasteiger partial charge in [-0.2, -0.15) is 5.10 Å². The number of piperidine rings is 1. The van der Waals surface area contributed by atoms with Crippen molar-refractivity contribution in [3.63, 3.8) is 0 Å². The quantitative estimate of drug-likeness (QED) is 0.342. The lowest BCUT2D eigenvalue weighted by molar-refractivity contribution is 0.0715. The van der Waals surface area contributed by atoms with Gasteiger partial charge in [-0.15, -0.1) is 0 Å². The Balaban J connectivity index is 1.29. The summed E-state index contributed by atoms with van der Waals surface area (Å²) in [7, 11) is 1.69. The van der Waals surface area contributed by atoms with Crippen LogP contribution in [0.2, 0.25) is 0 Å². The summed E-state index contributed by atoms with van der Waals surface area (Å²) in [6.45, 7) is 5.50. The molecule has 1 fully saturated rings. The lowest BCUT2D eigenvalue weighted by atomic mass is 9.89. The molecule has 8 nitrogen and oxygen atoms in total. The predicted molar refractivity (Wildman–Crippen MR) is 138 cm³/mol. The van der Waals surface area contributed by atoms with Crippen LogP contribution in [0.5, 0.6) is 5.75 Å². The molecule has 0 spiro atoms. The topological polar surface area (TPSA) is 89.2 Å². The first kappa shape index (κ1) is 22.4. The normalized spacial score (nSPS) is 14.8. The summed E-state index contributed by atoms with van der Waals surface area (Å²) in [6.07, 6.45) is 7.29. The van der Waals surface area contributed by atoms with E-state index in [-0.39, 0.29) is 11.9 Å². The van der Waals surface area contributed by atoms with E-state index in [1.165, 1.54) is 10.9 Å². The Kier molecular flexibility index (Phi) is 5.51. The minimum absolute atomic E-state index is 0.0116. The van der Waals surface area contributed by atoms with E-state index in [1.807, 2.05) is 33.8 Å². The molecule has 1 aliphatic rings. The number of amides is 1. The smallest absolute Gasteiger partial charge is 0.254 e. The lowest BCUT2D eigenvalue weighted by Crippen LogP contribution is -2.38. The molecule has 0 atom stereocenters. The molecular weight excluding hydrogens is 454 g/mol. The van der Waals surface area contributed by atoms with E-state index >= 15 is 0 Å². The number of likely N-dealkylation sites (tertiary alicyclic amines) is 1. The Labute approximate surface area is 208 Å². The average molecular weight is 484 g/mol. The third-order valence-electron chi connectivity index (χ3n) is 7.20. The highest BCUT2D eigenvalue weighted by molar-refractivity contribution is 6.06. The first-order valence-electron chi connectivity index (χ1n) is 12.4. The van der Waals surface area contributed by atoms with Crippen LogP contribution in [0.3, 0.4) is 0 Å². The monoisotopic (exact) mass is 483 g/mol. The summed E-state index contributed by atoms with van der Waals surface area (Å²) in [5.41, 5.74) is 4.36. The van der Waals surface area contributed by atoms with E-state index in [0.29, 0.717) is 41.7 Å². The van der Waals surface area contributed by atoms with Crippen molar-refractivity contribution in [1.29, 1.82) is 0 Å². The zero-order chi connectivity index (χ0) is 24.8. The molecule has 0 radical (unpaired) electrons. The second kappa shape index (κ2) is 8.86. The Morgan fingerprint density at radius 1 is 1.17 bits per heavy atom. The zero-order valence-electron chi connectivity index (χ0n) is 20.7. The van der Waals surface area contributed by atoms with Crippen molar-refractivity contribution < 1.29 is 13.9 Å². The van der Waals surface area contributed by atoms with Gasteiger partial charge in [-0.05, 0) is 74.6 Å². The second-order valence-corrected chi connectivity index (χ2v) is 9.67. The molecule has 1 saturated heterocycles. The van der Waals surface area contributed by atoms with Gasteiger partial charge >= 0.3 is 0 Å². The summed E-state index contributed by atoms with van der Waals surface area (Å²) in [5, 5.41) is 6.50. The van der Waals surface area contributed by atoms with Crippen LogP contribution in [0.25, 0.3) is 33.4 Å². The fourth-order valence-corrected chi connectivity index (χ4v) is 5.27. The minimum atomic E-state index is 0.0116. The van der Waals surface area contributed by atoms with Crippen molar-refractivity contribution >= 4 is 27.8 Å². The number of methoxy groups -OCH3 is 1. The summed E-state index contributed by atoms with van der Waals surface area (Å²) < 4.78 is 12.9. The largest absolute Gasteiger partial charge is 0.497 e. The molecule has 0 bridgehead atoms. The molecule has 0 saturated carbocycles. The number of nitrogens with zero attached hydrogens (tertiary/aromatic N) is 4. The molecule has 1 aromatic carbocycles. The van der Waals surface area contributed by atoms with Crippen molar-refractivity contribution in [1.82, 2.24) is 24.6 Å². The van der Waals surface area contributed by atoms with Gasteiger partial charge in [-0.3, -0.25) is 4.79 Å². The van der Waals surface area contributed by atoms with Crippen LogP contribution in [0.15, 0.2) is 59.5 Å². The van der Waals surface area contributed by atoms with Crippen LogP contribution in [-0.4, -0.2) is 50.8 Å². The number of hydrogen-bond donors (Lipinski definition) is 1. The Bertz CT molecular complexity index is 1540. The van der Waals surface area contributed by atoms with Crippen LogP contribution in [0.1, 0.15) is 54.6 Å². The van der Waals surface area contributed by atoms with E-state index in [4.69, 9.17) is 14.1 Å². The van der Waals surface area contributed by atoms with Crippen molar-refractivity contribution in [3.8, 4) is 17.2 Å². The number of aromatic nitrogens is 4. The molecular formula is C28H29N5O3. The van der Waals surface area contributed by atoms with E-state index in [1.54, 1.807) is 19.6 Å². The van der Waals surface area contributed by atoms with E-state index in [2.05, 4.69) is 42.3 Å². The van der Waals surface area contributed by atoms with Gasteiger partial charge in [0.15, 0.2) is 11.4 Å². The van der Waals surface area contributed by atoms with E-state index in [0.717, 1.165) is 29.5 Å². The van der Waals surface area contributed by atoms with Crippen LogP contribution in [0.4, 0.5) is 0 Å². The third kappa shape index (κ3) is 3.73. The van der Waals surface area contributed by atoms with Crippen LogP contribution >= 0.6 is 0 Å². The number of furan rings is 1. The lowest BCUT2D eigenvalue weighted by Gasteiger charge is -2.32. The molecule has 0 unspecified atom stereocenters. The number of carbonyl (C=O) groups excluding carboxylic acids is 1. The number of aromatic amines is 1. The van der Waals surface area contributed by atoms with Gasteiger partial charge in [0.2, 0.25) is 0 Å². The number of rotatable bonds is 5. The summed E-state index contributed by atoms with van der Waals surface area (Å²) in [6, 6.07) is 11.8. The average Bonchev–Trinajstić information content (AvgIpc) is 3.67. The highest BCUT2D eigenvalue weighted by Gasteiger charge is 2.28. The van der Waals surface area contributed by atoms with Crippen LogP contribution < -0.4 is 4.74 Å². The Hall–Kier alpha value is -4.07. The first-order valence-corrected chi connectivity index (χ1v) is 12.4. The number of H-pyrrole nitrogens is 1. The second-order valence-electron chi connectivity index (χ2n) is 9.67. The highest BCUT2D eigenvalue weighted by atomic mass is 16.5. The maximum absolute atomic E-state index is 13.8. The number of ether oxygens (including phenoxy) is 1. The number of carbonyl (C=O) groups is 1. The summed E-state index contributed by atoms with van der Waals surface area (Å²) in [4.78, 5) is 24.0. The standard InChI is InChI=1S/C28H29N5O3/c1-17(2)33-27-23(16-30-33)21(14-25(31-27)26-5-4-12-36-26)28(34)32-10-8-18(9-11-32)22-15-29-24-7-6-19(35-3)13-20(22)24/h4-7,12-18,29H,8-11H2,1-3H3. The maximum Gasteiger partial charge on any atom is 0.254 e. The van der Waals surface area contributed by atoms with Gasteiger partial charge in [0, 0.05) is 36.2 Å².